The molecule has 3 rings (SSSR count). The van der Waals surface area contributed by atoms with E-state index in [1.54, 1.807) is 48.1 Å². The van der Waals surface area contributed by atoms with Crippen LogP contribution in [0.4, 0.5) is 0 Å². The van der Waals surface area contributed by atoms with Crippen molar-refractivity contribution in [2.75, 3.05) is 13.2 Å². The molecule has 0 saturated carbocycles. The first-order chi connectivity index (χ1) is 14.0. The second-order valence-electron chi connectivity index (χ2n) is 6.12. The van der Waals surface area contributed by atoms with Crippen LogP contribution in [0.1, 0.15) is 37.4 Å². The largest absolute Gasteiger partial charge is 0.462 e. The van der Waals surface area contributed by atoms with E-state index in [0.717, 1.165) is 6.26 Å². The standard InChI is InChI=1S/C21H21ClN2O5/c1-4-27-13(3)24-11-10-23-20(24)17-18(25)16(21(26)28-5-2)12-29-19(17)14-6-8-15(22)9-7-14/h6-13H,4-5H2,1-3H3. The van der Waals surface area contributed by atoms with Gasteiger partial charge in [-0.25, -0.2) is 9.78 Å². The van der Waals surface area contributed by atoms with Crippen LogP contribution in [0.15, 0.2) is 52.1 Å². The summed E-state index contributed by atoms with van der Waals surface area (Å²) < 4.78 is 18.1. The van der Waals surface area contributed by atoms with Crippen LogP contribution in [-0.4, -0.2) is 28.7 Å². The number of esters is 1. The predicted molar refractivity (Wildman–Crippen MR) is 109 cm³/mol. The van der Waals surface area contributed by atoms with Crippen molar-refractivity contribution in [3.05, 3.63) is 63.7 Å². The minimum absolute atomic E-state index is 0.141. The van der Waals surface area contributed by atoms with Gasteiger partial charge in [-0.3, -0.25) is 4.79 Å². The first kappa shape index (κ1) is 20.8. The molecule has 0 aliphatic heterocycles. The van der Waals surface area contributed by atoms with Gasteiger partial charge < -0.3 is 18.5 Å². The van der Waals surface area contributed by atoms with Crippen LogP contribution in [0.2, 0.25) is 5.02 Å². The van der Waals surface area contributed by atoms with E-state index in [1.807, 2.05) is 13.8 Å². The van der Waals surface area contributed by atoms with Gasteiger partial charge in [0, 0.05) is 29.6 Å². The van der Waals surface area contributed by atoms with E-state index >= 15 is 0 Å². The molecule has 0 aliphatic rings. The van der Waals surface area contributed by atoms with Gasteiger partial charge in [0.1, 0.15) is 35.2 Å². The third-order valence-electron chi connectivity index (χ3n) is 4.29. The fraction of sp³-hybridized carbons (Fsp3) is 0.286. The maximum Gasteiger partial charge on any atom is 0.345 e. The molecule has 0 spiro atoms. The molecule has 8 heteroatoms. The average molecular weight is 417 g/mol. The zero-order valence-electron chi connectivity index (χ0n) is 16.3. The summed E-state index contributed by atoms with van der Waals surface area (Å²) in [5.74, 6) is -0.146. The van der Waals surface area contributed by atoms with Crippen molar-refractivity contribution >= 4 is 17.6 Å². The van der Waals surface area contributed by atoms with E-state index in [0.29, 0.717) is 23.0 Å². The second kappa shape index (κ2) is 9.07. The van der Waals surface area contributed by atoms with Crippen molar-refractivity contribution in [1.29, 1.82) is 0 Å². The van der Waals surface area contributed by atoms with Crippen LogP contribution >= 0.6 is 11.6 Å². The number of ether oxygens (including phenoxy) is 2. The molecule has 1 aromatic carbocycles. The van der Waals surface area contributed by atoms with E-state index in [1.165, 1.54) is 0 Å². The Morgan fingerprint density at radius 2 is 1.97 bits per heavy atom. The van der Waals surface area contributed by atoms with Crippen LogP contribution in [-0.2, 0) is 9.47 Å². The zero-order chi connectivity index (χ0) is 21.0. The highest BCUT2D eigenvalue weighted by atomic mass is 35.5. The molecule has 0 saturated heterocycles. The van der Waals surface area contributed by atoms with E-state index in [2.05, 4.69) is 4.98 Å². The first-order valence-electron chi connectivity index (χ1n) is 9.21. The topological polar surface area (TPSA) is 83.6 Å². The molecule has 7 nitrogen and oxygen atoms in total. The van der Waals surface area contributed by atoms with E-state index < -0.39 is 11.4 Å². The zero-order valence-corrected chi connectivity index (χ0v) is 17.1. The molecule has 1 atom stereocenters. The van der Waals surface area contributed by atoms with E-state index in [9.17, 15) is 9.59 Å². The Labute approximate surface area is 172 Å². The lowest BCUT2D eigenvalue weighted by Crippen LogP contribution is -2.21. The molecule has 0 aliphatic carbocycles. The fourth-order valence-corrected chi connectivity index (χ4v) is 3.08. The summed E-state index contributed by atoms with van der Waals surface area (Å²) in [5.41, 5.74) is 0.0407. The van der Waals surface area contributed by atoms with Crippen molar-refractivity contribution in [2.45, 2.75) is 27.0 Å². The number of rotatable bonds is 7. The molecule has 29 heavy (non-hydrogen) atoms. The van der Waals surface area contributed by atoms with Gasteiger partial charge in [0.15, 0.2) is 0 Å². The Bertz CT molecular complexity index is 1060. The van der Waals surface area contributed by atoms with E-state index in [-0.39, 0.29) is 29.7 Å². The van der Waals surface area contributed by atoms with Crippen molar-refractivity contribution < 1.29 is 18.7 Å². The number of aromatic nitrogens is 2. The number of hydrogen-bond donors (Lipinski definition) is 0. The highest BCUT2D eigenvalue weighted by Gasteiger charge is 2.25. The second-order valence-corrected chi connectivity index (χ2v) is 6.56. The lowest BCUT2D eigenvalue weighted by molar-refractivity contribution is 0.0259. The number of nitrogens with zero attached hydrogens (tertiary/aromatic N) is 2. The highest BCUT2D eigenvalue weighted by Crippen LogP contribution is 2.31. The Morgan fingerprint density at radius 3 is 2.62 bits per heavy atom. The van der Waals surface area contributed by atoms with Gasteiger partial charge in [-0.05, 0) is 45.0 Å². The molecule has 2 aromatic heterocycles. The van der Waals surface area contributed by atoms with Crippen molar-refractivity contribution in [2.24, 2.45) is 0 Å². The molecule has 0 amide bonds. The lowest BCUT2D eigenvalue weighted by atomic mass is 10.0. The summed E-state index contributed by atoms with van der Waals surface area (Å²) in [5, 5.41) is 0.548. The van der Waals surface area contributed by atoms with Gasteiger partial charge >= 0.3 is 5.97 Å². The summed E-state index contributed by atoms with van der Waals surface area (Å²) in [6.07, 6.45) is 4.01. The van der Waals surface area contributed by atoms with Crippen LogP contribution in [0.5, 0.6) is 0 Å². The molecule has 2 heterocycles. The molecular weight excluding hydrogens is 396 g/mol. The molecule has 1 unspecified atom stereocenters. The van der Waals surface area contributed by atoms with Crippen LogP contribution in [0, 0.1) is 0 Å². The Morgan fingerprint density at radius 1 is 1.24 bits per heavy atom. The summed E-state index contributed by atoms with van der Waals surface area (Å²) in [4.78, 5) is 29.9. The molecule has 0 radical (unpaired) electrons. The minimum atomic E-state index is -0.749. The van der Waals surface area contributed by atoms with Crippen molar-refractivity contribution in [3.63, 3.8) is 0 Å². The lowest BCUT2D eigenvalue weighted by Gasteiger charge is -2.17. The normalized spacial score (nSPS) is 12.0. The Kier molecular flexibility index (Phi) is 6.51. The van der Waals surface area contributed by atoms with Crippen LogP contribution in [0.25, 0.3) is 22.7 Å². The third kappa shape index (κ3) is 4.26. The quantitative estimate of drug-likeness (QED) is 0.525. The summed E-state index contributed by atoms with van der Waals surface area (Å²) in [6, 6.07) is 6.84. The third-order valence-corrected chi connectivity index (χ3v) is 4.54. The number of imidazole rings is 1. The van der Waals surface area contributed by atoms with Crippen molar-refractivity contribution in [3.8, 4) is 22.7 Å². The number of halogens is 1. The van der Waals surface area contributed by atoms with Crippen molar-refractivity contribution in [1.82, 2.24) is 9.55 Å². The summed E-state index contributed by atoms with van der Waals surface area (Å²) in [6.45, 7) is 6.01. The highest BCUT2D eigenvalue weighted by molar-refractivity contribution is 6.30. The molecular formula is C21H21ClN2O5. The molecule has 0 bridgehead atoms. The van der Waals surface area contributed by atoms with Crippen LogP contribution < -0.4 is 5.43 Å². The van der Waals surface area contributed by atoms with Gasteiger partial charge in [-0.15, -0.1) is 0 Å². The van der Waals surface area contributed by atoms with Gasteiger partial charge in [0.2, 0.25) is 5.43 Å². The fourth-order valence-electron chi connectivity index (χ4n) is 2.96. The Hall–Kier alpha value is -2.90. The molecule has 152 valence electrons. The monoisotopic (exact) mass is 416 g/mol. The predicted octanol–water partition coefficient (Wildman–Crippen LogP) is 4.56. The number of benzene rings is 1. The SMILES string of the molecule is CCOC(=O)c1coc(-c2ccc(Cl)cc2)c(-c2nccn2C(C)OCC)c1=O. The van der Waals surface area contributed by atoms with E-state index in [4.69, 9.17) is 25.5 Å². The number of carbonyl (C=O) groups excluding carboxylic acids is 1. The van der Waals surface area contributed by atoms with Gasteiger partial charge in [0.05, 0.1) is 6.61 Å². The summed E-state index contributed by atoms with van der Waals surface area (Å²) >= 11 is 5.99. The van der Waals surface area contributed by atoms with Gasteiger partial charge in [-0.2, -0.15) is 0 Å². The maximum atomic E-state index is 13.3. The average Bonchev–Trinajstić information content (AvgIpc) is 3.18. The molecule has 0 N–H and O–H groups in total. The summed E-state index contributed by atoms with van der Waals surface area (Å²) in [7, 11) is 0. The number of hydrogen-bond acceptors (Lipinski definition) is 6. The van der Waals surface area contributed by atoms with Crippen LogP contribution in [0.3, 0.4) is 0 Å². The maximum absolute atomic E-state index is 13.3. The molecule has 3 aromatic rings. The first-order valence-corrected chi connectivity index (χ1v) is 9.59. The van der Waals surface area contributed by atoms with Gasteiger partial charge in [0.25, 0.3) is 0 Å². The van der Waals surface area contributed by atoms with Gasteiger partial charge in [-0.1, -0.05) is 11.6 Å². The number of carbonyl (C=O) groups is 1. The molecule has 0 fully saturated rings. The minimum Gasteiger partial charge on any atom is -0.462 e. The smallest absolute Gasteiger partial charge is 0.345 e. The Balaban J connectivity index is 2.26.